The van der Waals surface area contributed by atoms with Crippen molar-refractivity contribution in [3.8, 4) is 16.9 Å². The Hall–Kier alpha value is -2.38. The summed E-state index contributed by atoms with van der Waals surface area (Å²) in [5.41, 5.74) is -0.105. The predicted molar refractivity (Wildman–Crippen MR) is 77.9 cm³/mol. The van der Waals surface area contributed by atoms with E-state index in [2.05, 4.69) is 4.74 Å². The van der Waals surface area contributed by atoms with Gasteiger partial charge in [-0.3, -0.25) is 0 Å². The molecule has 0 unspecified atom stereocenters. The summed E-state index contributed by atoms with van der Waals surface area (Å²) in [6, 6.07) is 7.95. The number of benzene rings is 2. The zero-order valence-corrected chi connectivity index (χ0v) is 12.7. The lowest BCUT2D eigenvalue weighted by molar-refractivity contribution is -0.274. The Balaban J connectivity index is 2.55. The number of ether oxygens (including phenoxy) is 1. The van der Waals surface area contributed by atoms with E-state index in [0.29, 0.717) is 5.69 Å². The fraction of sp³-hybridized carbons (Fsp3) is 0.250. The lowest BCUT2D eigenvalue weighted by Gasteiger charge is -2.20. The molecule has 0 spiro atoms. The minimum atomic E-state index is -4.88. The summed E-state index contributed by atoms with van der Waals surface area (Å²) in [7, 11) is 3.25. The van der Waals surface area contributed by atoms with Crippen LogP contribution in [0, 0.1) is 0 Å². The molecule has 0 bridgehead atoms. The van der Waals surface area contributed by atoms with Crippen LogP contribution in [0.4, 0.5) is 32.0 Å². The van der Waals surface area contributed by atoms with Gasteiger partial charge in [-0.25, -0.2) is 0 Å². The Kier molecular flexibility index (Phi) is 4.68. The molecule has 0 aliphatic carbocycles. The van der Waals surface area contributed by atoms with Crippen LogP contribution < -0.4 is 9.64 Å². The summed E-state index contributed by atoms with van der Waals surface area (Å²) in [4.78, 5) is 1.58. The molecule has 130 valence electrons. The second-order valence-electron chi connectivity index (χ2n) is 5.20. The fourth-order valence-corrected chi connectivity index (χ4v) is 2.19. The quantitative estimate of drug-likeness (QED) is 0.694. The van der Waals surface area contributed by atoms with Gasteiger partial charge < -0.3 is 9.64 Å². The predicted octanol–water partition coefficient (Wildman–Crippen LogP) is 5.34. The van der Waals surface area contributed by atoms with Gasteiger partial charge in [-0.05, 0) is 35.9 Å². The van der Waals surface area contributed by atoms with Gasteiger partial charge in [0.05, 0.1) is 5.56 Å². The van der Waals surface area contributed by atoms with Crippen LogP contribution in [0.1, 0.15) is 5.56 Å². The summed E-state index contributed by atoms with van der Waals surface area (Å²) in [5, 5.41) is 0. The van der Waals surface area contributed by atoms with Crippen LogP contribution in [0.3, 0.4) is 0 Å². The molecule has 0 aliphatic heterocycles. The van der Waals surface area contributed by atoms with E-state index in [-0.39, 0.29) is 11.1 Å². The standard InChI is InChI=1S/C16H13F6NO/c1-23(2)14-7-6-11(15(17,18)19)9-13(14)10-4-3-5-12(8-10)24-16(20,21)22/h3-9H,1-2H3. The zero-order valence-electron chi connectivity index (χ0n) is 12.7. The van der Waals surface area contributed by atoms with Crippen molar-refractivity contribution in [1.82, 2.24) is 0 Å². The van der Waals surface area contributed by atoms with Crippen LogP contribution in [0.2, 0.25) is 0 Å². The topological polar surface area (TPSA) is 12.5 Å². The van der Waals surface area contributed by atoms with Gasteiger partial charge in [0.15, 0.2) is 0 Å². The van der Waals surface area contributed by atoms with Crippen LogP contribution >= 0.6 is 0 Å². The summed E-state index contributed by atoms with van der Waals surface area (Å²) in [6.07, 6.45) is -9.43. The highest BCUT2D eigenvalue weighted by Gasteiger charge is 2.32. The third-order valence-electron chi connectivity index (χ3n) is 3.18. The highest BCUT2D eigenvalue weighted by Crippen LogP contribution is 2.38. The summed E-state index contributed by atoms with van der Waals surface area (Å²) < 4.78 is 79.6. The third kappa shape index (κ3) is 4.33. The largest absolute Gasteiger partial charge is 0.573 e. The van der Waals surface area contributed by atoms with Gasteiger partial charge in [0.2, 0.25) is 0 Å². The molecule has 0 atom stereocenters. The molecule has 2 nitrogen and oxygen atoms in total. The number of hydrogen-bond acceptors (Lipinski definition) is 2. The van der Waals surface area contributed by atoms with Crippen molar-refractivity contribution in [2.24, 2.45) is 0 Å². The van der Waals surface area contributed by atoms with Crippen LogP contribution in [0.15, 0.2) is 42.5 Å². The van der Waals surface area contributed by atoms with Crippen LogP contribution in [-0.4, -0.2) is 20.5 Å². The van der Waals surface area contributed by atoms with E-state index in [1.807, 2.05) is 0 Å². The lowest BCUT2D eigenvalue weighted by atomic mass is 10.00. The molecule has 24 heavy (non-hydrogen) atoms. The smallest absolute Gasteiger partial charge is 0.406 e. The molecule has 0 saturated heterocycles. The Morgan fingerprint density at radius 3 is 2.08 bits per heavy atom. The zero-order chi connectivity index (χ0) is 18.1. The summed E-state index contributed by atoms with van der Waals surface area (Å²) in [5.74, 6) is -0.498. The molecule has 2 rings (SSSR count). The number of anilines is 1. The number of rotatable bonds is 3. The molecular weight excluding hydrogens is 336 g/mol. The molecule has 0 radical (unpaired) electrons. The third-order valence-corrected chi connectivity index (χ3v) is 3.18. The normalized spacial score (nSPS) is 12.2. The molecule has 0 N–H and O–H groups in total. The van der Waals surface area contributed by atoms with E-state index >= 15 is 0 Å². The Labute approximate surface area is 134 Å². The molecule has 2 aromatic carbocycles. The van der Waals surface area contributed by atoms with E-state index in [1.165, 1.54) is 18.2 Å². The van der Waals surface area contributed by atoms with Gasteiger partial charge in [0.1, 0.15) is 5.75 Å². The molecule has 0 heterocycles. The van der Waals surface area contributed by atoms with Crippen molar-refractivity contribution >= 4 is 5.69 Å². The van der Waals surface area contributed by atoms with E-state index in [1.54, 1.807) is 19.0 Å². The van der Waals surface area contributed by atoms with E-state index in [4.69, 9.17) is 0 Å². The van der Waals surface area contributed by atoms with Crippen LogP contribution in [0.5, 0.6) is 5.75 Å². The van der Waals surface area contributed by atoms with Gasteiger partial charge in [0, 0.05) is 25.3 Å². The second kappa shape index (κ2) is 6.26. The van der Waals surface area contributed by atoms with Gasteiger partial charge in [-0.15, -0.1) is 13.2 Å². The first-order valence-electron chi connectivity index (χ1n) is 6.72. The Bertz CT molecular complexity index is 721. The van der Waals surface area contributed by atoms with Crippen molar-refractivity contribution in [2.45, 2.75) is 12.5 Å². The molecule has 2 aromatic rings. The molecule has 0 amide bonds. The molecule has 0 fully saturated rings. The van der Waals surface area contributed by atoms with Gasteiger partial charge in [-0.1, -0.05) is 12.1 Å². The average molecular weight is 349 g/mol. The minimum absolute atomic E-state index is 0.155. The van der Waals surface area contributed by atoms with E-state index < -0.39 is 23.9 Å². The SMILES string of the molecule is CN(C)c1ccc(C(F)(F)F)cc1-c1cccc(OC(F)(F)F)c1. The average Bonchev–Trinajstić information content (AvgIpc) is 2.44. The van der Waals surface area contributed by atoms with Crippen molar-refractivity contribution in [2.75, 3.05) is 19.0 Å². The molecule has 0 saturated carbocycles. The first-order valence-corrected chi connectivity index (χ1v) is 6.72. The fourth-order valence-electron chi connectivity index (χ4n) is 2.19. The van der Waals surface area contributed by atoms with Crippen molar-refractivity contribution in [3.05, 3.63) is 48.0 Å². The monoisotopic (exact) mass is 349 g/mol. The van der Waals surface area contributed by atoms with Crippen LogP contribution in [0.25, 0.3) is 11.1 Å². The molecule has 0 aliphatic rings. The molecule has 0 aromatic heterocycles. The number of halogens is 6. The summed E-state index contributed by atoms with van der Waals surface area (Å²) in [6.45, 7) is 0. The van der Waals surface area contributed by atoms with Crippen molar-refractivity contribution in [1.29, 1.82) is 0 Å². The van der Waals surface area contributed by atoms with Gasteiger partial charge in [0.25, 0.3) is 0 Å². The number of alkyl halides is 6. The Morgan fingerprint density at radius 1 is 0.875 bits per heavy atom. The van der Waals surface area contributed by atoms with Crippen LogP contribution in [-0.2, 0) is 6.18 Å². The summed E-state index contributed by atoms with van der Waals surface area (Å²) >= 11 is 0. The highest BCUT2D eigenvalue weighted by molar-refractivity contribution is 5.79. The lowest BCUT2D eigenvalue weighted by Crippen LogP contribution is -2.17. The highest BCUT2D eigenvalue weighted by atomic mass is 19.4. The maximum atomic E-state index is 12.9. The first-order chi connectivity index (χ1) is 11.0. The number of nitrogens with zero attached hydrogens (tertiary/aromatic N) is 1. The first kappa shape index (κ1) is 18.0. The van der Waals surface area contributed by atoms with E-state index in [9.17, 15) is 26.3 Å². The number of hydrogen-bond donors (Lipinski definition) is 0. The minimum Gasteiger partial charge on any atom is -0.406 e. The molecule has 8 heteroatoms. The van der Waals surface area contributed by atoms with Gasteiger partial charge >= 0.3 is 12.5 Å². The Morgan fingerprint density at radius 2 is 1.54 bits per heavy atom. The second-order valence-corrected chi connectivity index (χ2v) is 5.20. The maximum absolute atomic E-state index is 12.9. The maximum Gasteiger partial charge on any atom is 0.573 e. The molecular formula is C16H13F6NO. The van der Waals surface area contributed by atoms with Crippen molar-refractivity contribution in [3.63, 3.8) is 0 Å². The van der Waals surface area contributed by atoms with E-state index in [0.717, 1.165) is 24.3 Å². The van der Waals surface area contributed by atoms with Crippen molar-refractivity contribution < 1.29 is 31.1 Å². The van der Waals surface area contributed by atoms with Gasteiger partial charge in [-0.2, -0.15) is 13.2 Å².